The van der Waals surface area contributed by atoms with Crippen LogP contribution in [0.15, 0.2) is 64.0 Å². The van der Waals surface area contributed by atoms with Crippen molar-refractivity contribution in [1.82, 2.24) is 0 Å². The van der Waals surface area contributed by atoms with Crippen LogP contribution < -0.4 is 0 Å². The third kappa shape index (κ3) is 4.35. The lowest BCUT2D eigenvalue weighted by molar-refractivity contribution is 1.38. The van der Waals surface area contributed by atoms with E-state index in [0.29, 0.717) is 0 Å². The molecule has 92 valence electrons. The predicted molar refractivity (Wildman–Crippen MR) is 85.1 cm³/mol. The zero-order chi connectivity index (χ0) is 12.8. The molecule has 0 saturated carbocycles. The molecule has 0 aliphatic heterocycles. The molecular formula is C16H15BrS. The Bertz CT molecular complexity index is 512. The van der Waals surface area contributed by atoms with Gasteiger partial charge in [0.2, 0.25) is 0 Å². The fraction of sp³-hybridized carbons (Fsp3) is 0.125. The van der Waals surface area contributed by atoms with Crippen LogP contribution in [-0.4, -0.2) is 5.75 Å². The first-order chi connectivity index (χ1) is 8.74. The highest BCUT2D eigenvalue weighted by molar-refractivity contribution is 9.10. The molecule has 2 aromatic carbocycles. The Kier molecular flexibility index (Phi) is 5.09. The normalized spacial score (nSPS) is 11.0. The van der Waals surface area contributed by atoms with Crippen LogP contribution in [0.4, 0.5) is 0 Å². The van der Waals surface area contributed by atoms with Crippen molar-refractivity contribution >= 4 is 33.8 Å². The maximum Gasteiger partial charge on any atom is 0.0175 e. The molecule has 0 atom stereocenters. The summed E-state index contributed by atoms with van der Waals surface area (Å²) in [5, 5.41) is 0. The highest BCUT2D eigenvalue weighted by atomic mass is 79.9. The first-order valence-electron chi connectivity index (χ1n) is 5.85. The molecule has 2 heteroatoms. The summed E-state index contributed by atoms with van der Waals surface area (Å²) in [6.07, 6.45) is 4.36. The van der Waals surface area contributed by atoms with Crippen LogP contribution in [0.1, 0.15) is 11.1 Å². The van der Waals surface area contributed by atoms with Crippen LogP contribution in [0.2, 0.25) is 0 Å². The first-order valence-corrected chi connectivity index (χ1v) is 7.63. The van der Waals surface area contributed by atoms with Crippen molar-refractivity contribution in [1.29, 1.82) is 0 Å². The van der Waals surface area contributed by atoms with E-state index in [1.807, 2.05) is 11.8 Å². The maximum atomic E-state index is 3.44. The molecule has 18 heavy (non-hydrogen) atoms. The van der Waals surface area contributed by atoms with E-state index in [-0.39, 0.29) is 0 Å². The summed E-state index contributed by atoms with van der Waals surface area (Å²) in [6, 6.07) is 17.0. The first kappa shape index (κ1) is 13.4. The number of rotatable bonds is 4. The van der Waals surface area contributed by atoms with Gasteiger partial charge in [-0.3, -0.25) is 0 Å². The Labute approximate surface area is 121 Å². The maximum absolute atomic E-state index is 3.44. The van der Waals surface area contributed by atoms with Gasteiger partial charge in [-0.15, -0.1) is 11.8 Å². The van der Waals surface area contributed by atoms with Gasteiger partial charge in [0.1, 0.15) is 0 Å². The topological polar surface area (TPSA) is 0 Å². The molecule has 0 radical (unpaired) electrons. The summed E-state index contributed by atoms with van der Waals surface area (Å²) in [4.78, 5) is 1.32. The van der Waals surface area contributed by atoms with E-state index >= 15 is 0 Å². The summed E-state index contributed by atoms with van der Waals surface area (Å²) in [5.74, 6) is 0.999. The largest absolute Gasteiger partial charge is 0.122 e. The fourth-order valence-corrected chi connectivity index (χ4v) is 2.51. The number of thioether (sulfide) groups is 1. The van der Waals surface area contributed by atoms with E-state index in [1.54, 1.807) is 0 Å². The molecule has 0 spiro atoms. The highest BCUT2D eigenvalue weighted by Crippen LogP contribution is 2.19. The molecule has 0 aromatic heterocycles. The van der Waals surface area contributed by atoms with Crippen molar-refractivity contribution in [3.05, 3.63) is 70.2 Å². The third-order valence-corrected chi connectivity index (χ3v) is 4.04. The summed E-state index contributed by atoms with van der Waals surface area (Å²) in [7, 11) is 0. The van der Waals surface area contributed by atoms with Crippen LogP contribution in [0.25, 0.3) is 6.08 Å². The minimum atomic E-state index is 0.999. The molecule has 0 N–H and O–H groups in total. The van der Waals surface area contributed by atoms with Crippen LogP contribution in [0.3, 0.4) is 0 Å². The van der Waals surface area contributed by atoms with Crippen molar-refractivity contribution < 1.29 is 0 Å². The molecule has 0 nitrogen and oxygen atoms in total. The molecule has 0 heterocycles. The molecule has 2 rings (SSSR count). The molecule has 0 aliphatic rings. The summed E-state index contributed by atoms with van der Waals surface area (Å²) in [5.41, 5.74) is 2.55. The van der Waals surface area contributed by atoms with Crippen molar-refractivity contribution in [2.75, 3.05) is 5.75 Å². The second kappa shape index (κ2) is 6.81. The monoisotopic (exact) mass is 318 g/mol. The standard InChI is InChI=1S/C16H15BrS/c1-13-4-10-16(11-5-13)18-12-2-3-14-6-8-15(17)9-7-14/h2-11H,12H2,1H3/b3-2+. The van der Waals surface area contributed by atoms with Crippen LogP contribution in [-0.2, 0) is 0 Å². The number of hydrogen-bond donors (Lipinski definition) is 0. The second-order valence-corrected chi connectivity index (χ2v) is 6.09. The van der Waals surface area contributed by atoms with Gasteiger partial charge in [0, 0.05) is 15.1 Å². The minimum Gasteiger partial charge on any atom is -0.122 e. The van der Waals surface area contributed by atoms with Crippen LogP contribution in [0.5, 0.6) is 0 Å². The molecular weight excluding hydrogens is 304 g/mol. The van der Waals surface area contributed by atoms with Crippen molar-refractivity contribution in [3.8, 4) is 0 Å². The Balaban J connectivity index is 1.84. The van der Waals surface area contributed by atoms with Crippen molar-refractivity contribution in [2.45, 2.75) is 11.8 Å². The molecule has 0 unspecified atom stereocenters. The quantitative estimate of drug-likeness (QED) is 0.665. The molecule has 0 bridgehead atoms. The lowest BCUT2D eigenvalue weighted by Crippen LogP contribution is -1.76. The minimum absolute atomic E-state index is 0.999. The summed E-state index contributed by atoms with van der Waals surface area (Å²) in [6.45, 7) is 2.11. The van der Waals surface area contributed by atoms with Gasteiger partial charge in [-0.2, -0.15) is 0 Å². The number of hydrogen-bond acceptors (Lipinski definition) is 1. The van der Waals surface area contributed by atoms with E-state index in [2.05, 4.69) is 83.5 Å². The van der Waals surface area contributed by atoms with Gasteiger partial charge in [0.25, 0.3) is 0 Å². The van der Waals surface area contributed by atoms with E-state index in [9.17, 15) is 0 Å². The van der Waals surface area contributed by atoms with E-state index in [0.717, 1.165) is 10.2 Å². The van der Waals surface area contributed by atoms with Gasteiger partial charge in [-0.1, -0.05) is 57.9 Å². The fourth-order valence-electron chi connectivity index (χ4n) is 1.54. The van der Waals surface area contributed by atoms with E-state index in [4.69, 9.17) is 0 Å². The van der Waals surface area contributed by atoms with Gasteiger partial charge in [0.05, 0.1) is 0 Å². The summed E-state index contributed by atoms with van der Waals surface area (Å²) < 4.78 is 1.12. The number of aryl methyl sites for hydroxylation is 1. The highest BCUT2D eigenvalue weighted by Gasteiger charge is 1.91. The second-order valence-electron chi connectivity index (χ2n) is 4.08. The van der Waals surface area contributed by atoms with E-state index < -0.39 is 0 Å². The van der Waals surface area contributed by atoms with Gasteiger partial charge in [0.15, 0.2) is 0 Å². The Morgan fingerprint density at radius 2 is 1.67 bits per heavy atom. The Hall–Kier alpha value is -0.990. The average Bonchev–Trinajstić information content (AvgIpc) is 2.39. The molecule has 0 fully saturated rings. The van der Waals surface area contributed by atoms with Crippen molar-refractivity contribution in [3.63, 3.8) is 0 Å². The lowest BCUT2D eigenvalue weighted by atomic mass is 10.2. The average molecular weight is 319 g/mol. The molecule has 2 aromatic rings. The van der Waals surface area contributed by atoms with Gasteiger partial charge < -0.3 is 0 Å². The van der Waals surface area contributed by atoms with Crippen molar-refractivity contribution in [2.24, 2.45) is 0 Å². The SMILES string of the molecule is Cc1ccc(SC/C=C/c2ccc(Br)cc2)cc1. The van der Waals surface area contributed by atoms with Crippen LogP contribution in [0, 0.1) is 6.92 Å². The van der Waals surface area contributed by atoms with Gasteiger partial charge >= 0.3 is 0 Å². The van der Waals surface area contributed by atoms with E-state index in [1.165, 1.54) is 16.0 Å². The molecule has 0 aliphatic carbocycles. The lowest BCUT2D eigenvalue weighted by Gasteiger charge is -1.99. The Morgan fingerprint density at radius 3 is 2.33 bits per heavy atom. The predicted octanol–water partition coefficient (Wildman–Crippen LogP) is 5.56. The van der Waals surface area contributed by atoms with Gasteiger partial charge in [-0.25, -0.2) is 0 Å². The number of benzene rings is 2. The molecule has 0 saturated heterocycles. The number of halogens is 1. The van der Waals surface area contributed by atoms with Gasteiger partial charge in [-0.05, 0) is 36.8 Å². The zero-order valence-electron chi connectivity index (χ0n) is 10.3. The zero-order valence-corrected chi connectivity index (χ0v) is 12.7. The summed E-state index contributed by atoms with van der Waals surface area (Å²) >= 11 is 5.29. The smallest absolute Gasteiger partial charge is 0.0175 e. The Morgan fingerprint density at radius 1 is 1.00 bits per heavy atom. The molecule has 0 amide bonds. The van der Waals surface area contributed by atoms with Crippen LogP contribution >= 0.6 is 27.7 Å². The third-order valence-electron chi connectivity index (χ3n) is 2.55.